The third-order valence-electron chi connectivity index (χ3n) is 4.11. The van der Waals surface area contributed by atoms with E-state index >= 15 is 0 Å². The third kappa shape index (κ3) is 2.98. The van der Waals surface area contributed by atoms with Crippen LogP contribution in [-0.4, -0.2) is 19.0 Å². The van der Waals surface area contributed by atoms with Crippen molar-refractivity contribution in [3.05, 3.63) is 29.3 Å². The fourth-order valence-electron chi connectivity index (χ4n) is 2.46. The van der Waals surface area contributed by atoms with Gasteiger partial charge in [-0.15, -0.1) is 0 Å². The van der Waals surface area contributed by atoms with Gasteiger partial charge in [0, 0.05) is 11.6 Å². The maximum absolute atomic E-state index is 12.3. The van der Waals surface area contributed by atoms with Crippen LogP contribution < -0.4 is 10.6 Å². The van der Waals surface area contributed by atoms with Crippen molar-refractivity contribution in [3.8, 4) is 0 Å². The Morgan fingerprint density at radius 3 is 2.53 bits per heavy atom. The number of hydrogen-bond donors (Lipinski definition) is 2. The molecule has 1 amide bonds. The zero-order chi connectivity index (χ0) is 14.0. The molecular formula is C16H24N2O. The van der Waals surface area contributed by atoms with Crippen molar-refractivity contribution in [2.24, 2.45) is 11.8 Å². The van der Waals surface area contributed by atoms with Gasteiger partial charge in [0.15, 0.2) is 0 Å². The summed E-state index contributed by atoms with van der Waals surface area (Å²) in [4.78, 5) is 12.3. The lowest BCUT2D eigenvalue weighted by Crippen LogP contribution is -2.48. The first kappa shape index (κ1) is 14.1. The van der Waals surface area contributed by atoms with Crippen LogP contribution in [0, 0.1) is 18.8 Å². The number of anilines is 1. The molecule has 104 valence electrons. The second-order valence-corrected chi connectivity index (χ2v) is 5.89. The van der Waals surface area contributed by atoms with Crippen LogP contribution in [0.5, 0.6) is 0 Å². The van der Waals surface area contributed by atoms with E-state index in [2.05, 4.69) is 49.6 Å². The Labute approximate surface area is 115 Å². The summed E-state index contributed by atoms with van der Waals surface area (Å²) >= 11 is 0. The van der Waals surface area contributed by atoms with Gasteiger partial charge in [-0.05, 0) is 43.0 Å². The fourth-order valence-corrected chi connectivity index (χ4v) is 2.46. The largest absolute Gasteiger partial charge is 0.325 e. The smallest absolute Gasteiger partial charge is 0.227 e. The molecule has 1 aliphatic rings. The number of rotatable bonds is 4. The molecule has 1 fully saturated rings. The van der Waals surface area contributed by atoms with E-state index in [0.717, 1.165) is 24.3 Å². The number of nitrogens with one attached hydrogen (secondary N) is 2. The molecule has 0 aliphatic carbocycles. The number of carbonyl (C=O) groups is 1. The van der Waals surface area contributed by atoms with Crippen molar-refractivity contribution in [3.63, 3.8) is 0 Å². The molecule has 3 nitrogen and oxygen atoms in total. The minimum Gasteiger partial charge on any atom is -0.325 e. The second kappa shape index (κ2) is 5.74. The van der Waals surface area contributed by atoms with Crippen LogP contribution in [-0.2, 0) is 4.79 Å². The van der Waals surface area contributed by atoms with Crippen LogP contribution in [0.15, 0.2) is 18.2 Å². The molecule has 0 bridgehead atoms. The summed E-state index contributed by atoms with van der Waals surface area (Å²) in [6, 6.07) is 6.21. The van der Waals surface area contributed by atoms with Crippen LogP contribution in [0.4, 0.5) is 5.69 Å². The molecule has 1 aromatic rings. The van der Waals surface area contributed by atoms with Crippen molar-refractivity contribution in [1.29, 1.82) is 0 Å². The van der Waals surface area contributed by atoms with Gasteiger partial charge in [-0.25, -0.2) is 0 Å². The normalized spacial score (nSPS) is 17.1. The van der Waals surface area contributed by atoms with Gasteiger partial charge in [-0.3, -0.25) is 4.79 Å². The van der Waals surface area contributed by atoms with E-state index < -0.39 is 0 Å². The van der Waals surface area contributed by atoms with Gasteiger partial charge in [0.1, 0.15) is 0 Å². The van der Waals surface area contributed by atoms with Crippen molar-refractivity contribution in [2.45, 2.75) is 33.6 Å². The summed E-state index contributed by atoms with van der Waals surface area (Å²) in [5.74, 6) is 1.10. The zero-order valence-electron chi connectivity index (χ0n) is 12.3. The molecular weight excluding hydrogens is 236 g/mol. The van der Waals surface area contributed by atoms with E-state index in [9.17, 15) is 4.79 Å². The van der Waals surface area contributed by atoms with Crippen LogP contribution in [0.1, 0.15) is 37.8 Å². The molecule has 1 aromatic carbocycles. The molecule has 2 N–H and O–H groups in total. The lowest BCUT2D eigenvalue weighted by Gasteiger charge is -2.32. The maximum Gasteiger partial charge on any atom is 0.227 e. The number of benzene rings is 1. The first-order valence-corrected chi connectivity index (χ1v) is 7.11. The Balaban J connectivity index is 2.15. The van der Waals surface area contributed by atoms with Gasteiger partial charge >= 0.3 is 0 Å². The lowest BCUT2D eigenvalue weighted by molar-refractivity contribution is -0.121. The molecule has 1 heterocycles. The molecule has 1 atom stereocenters. The summed E-state index contributed by atoms with van der Waals surface area (Å²) < 4.78 is 0. The van der Waals surface area contributed by atoms with Crippen molar-refractivity contribution >= 4 is 11.6 Å². The Morgan fingerprint density at radius 2 is 2.00 bits per heavy atom. The standard InChI is InChI=1S/C16H24N2O/c1-10(2)14-7-5-6-11(3)15(14)18-16(19)12(4)13-8-17-9-13/h5-7,10,12-13,17H,8-9H2,1-4H3,(H,18,19). The summed E-state index contributed by atoms with van der Waals surface area (Å²) in [6.07, 6.45) is 0. The van der Waals surface area contributed by atoms with E-state index in [-0.39, 0.29) is 11.8 Å². The summed E-state index contributed by atoms with van der Waals surface area (Å²) in [5, 5.41) is 6.36. The minimum atomic E-state index is 0.0702. The summed E-state index contributed by atoms with van der Waals surface area (Å²) in [6.45, 7) is 10.3. The molecule has 3 heteroatoms. The highest BCUT2D eigenvalue weighted by Gasteiger charge is 2.29. The predicted octanol–water partition coefficient (Wildman–Crippen LogP) is 2.91. The van der Waals surface area contributed by atoms with E-state index in [1.807, 2.05) is 6.92 Å². The maximum atomic E-state index is 12.3. The monoisotopic (exact) mass is 260 g/mol. The Morgan fingerprint density at radius 1 is 1.32 bits per heavy atom. The number of para-hydroxylation sites is 1. The molecule has 0 spiro atoms. The molecule has 2 rings (SSSR count). The second-order valence-electron chi connectivity index (χ2n) is 5.89. The highest BCUT2D eigenvalue weighted by Crippen LogP contribution is 2.28. The highest BCUT2D eigenvalue weighted by atomic mass is 16.1. The average Bonchev–Trinajstić information content (AvgIpc) is 2.28. The van der Waals surface area contributed by atoms with E-state index in [1.165, 1.54) is 5.56 Å². The quantitative estimate of drug-likeness (QED) is 0.874. The van der Waals surface area contributed by atoms with E-state index in [0.29, 0.717) is 11.8 Å². The number of carbonyl (C=O) groups excluding carboxylic acids is 1. The van der Waals surface area contributed by atoms with E-state index in [4.69, 9.17) is 0 Å². The Hall–Kier alpha value is -1.35. The molecule has 0 radical (unpaired) electrons. The van der Waals surface area contributed by atoms with Gasteiger partial charge in [0.05, 0.1) is 0 Å². The van der Waals surface area contributed by atoms with E-state index in [1.54, 1.807) is 0 Å². The summed E-state index contributed by atoms with van der Waals surface area (Å²) in [5.41, 5.74) is 3.35. The molecule has 0 saturated carbocycles. The van der Waals surface area contributed by atoms with Crippen molar-refractivity contribution < 1.29 is 4.79 Å². The number of hydrogen-bond acceptors (Lipinski definition) is 2. The number of aryl methyl sites for hydroxylation is 1. The van der Waals surface area contributed by atoms with Crippen LogP contribution in [0.2, 0.25) is 0 Å². The van der Waals surface area contributed by atoms with Gasteiger partial charge in [-0.2, -0.15) is 0 Å². The summed E-state index contributed by atoms with van der Waals surface area (Å²) in [7, 11) is 0. The van der Waals surface area contributed by atoms with Crippen molar-refractivity contribution in [2.75, 3.05) is 18.4 Å². The van der Waals surface area contributed by atoms with Crippen LogP contribution in [0.3, 0.4) is 0 Å². The first-order valence-electron chi connectivity index (χ1n) is 7.11. The van der Waals surface area contributed by atoms with Gasteiger partial charge < -0.3 is 10.6 Å². The van der Waals surface area contributed by atoms with Gasteiger partial charge in [0.2, 0.25) is 5.91 Å². The SMILES string of the molecule is Cc1cccc(C(C)C)c1NC(=O)C(C)C1CNC1. The van der Waals surface area contributed by atoms with Gasteiger partial charge in [-0.1, -0.05) is 39.0 Å². The predicted molar refractivity (Wildman–Crippen MR) is 79.4 cm³/mol. The topological polar surface area (TPSA) is 41.1 Å². The first-order chi connectivity index (χ1) is 9.00. The van der Waals surface area contributed by atoms with Crippen LogP contribution in [0.25, 0.3) is 0 Å². The molecule has 1 aliphatic heterocycles. The van der Waals surface area contributed by atoms with Crippen LogP contribution >= 0.6 is 0 Å². The minimum absolute atomic E-state index is 0.0702. The van der Waals surface area contributed by atoms with Crippen molar-refractivity contribution in [1.82, 2.24) is 5.32 Å². The Kier molecular flexibility index (Phi) is 4.25. The molecule has 19 heavy (non-hydrogen) atoms. The Bertz CT molecular complexity index is 464. The molecule has 0 aromatic heterocycles. The lowest BCUT2D eigenvalue weighted by atomic mass is 9.88. The fraction of sp³-hybridized carbons (Fsp3) is 0.562. The zero-order valence-corrected chi connectivity index (χ0v) is 12.3. The molecule has 1 unspecified atom stereocenters. The number of amides is 1. The average molecular weight is 260 g/mol. The third-order valence-corrected chi connectivity index (χ3v) is 4.11. The highest BCUT2D eigenvalue weighted by molar-refractivity contribution is 5.94. The molecule has 1 saturated heterocycles. The van der Waals surface area contributed by atoms with Gasteiger partial charge in [0.25, 0.3) is 0 Å².